The van der Waals surface area contributed by atoms with E-state index in [-0.39, 0.29) is 10.9 Å². The van der Waals surface area contributed by atoms with Gasteiger partial charge >= 0.3 is 6.03 Å². The van der Waals surface area contributed by atoms with E-state index in [9.17, 15) is 13.2 Å². The number of anilines is 1. The summed E-state index contributed by atoms with van der Waals surface area (Å²) in [6, 6.07) is 4.47. The molecule has 1 aromatic rings. The number of amides is 2. The summed E-state index contributed by atoms with van der Waals surface area (Å²) in [6.07, 6.45) is 1.90. The predicted molar refractivity (Wildman–Crippen MR) is 93.2 cm³/mol. The van der Waals surface area contributed by atoms with Crippen molar-refractivity contribution in [3.8, 4) is 0 Å². The minimum atomic E-state index is -3.54. The summed E-state index contributed by atoms with van der Waals surface area (Å²) in [6.45, 7) is 8.89. The van der Waals surface area contributed by atoms with Gasteiger partial charge in [0, 0.05) is 25.3 Å². The Labute approximate surface area is 139 Å². The number of carbonyl (C=O) groups excluding carboxylic acids is 1. The monoisotopic (exact) mass is 341 g/mol. The molecule has 0 radical (unpaired) electrons. The van der Waals surface area contributed by atoms with Crippen molar-refractivity contribution >= 4 is 21.7 Å². The molecule has 0 aromatic heterocycles. The number of hydrogen-bond acceptors (Lipinski definition) is 3. The highest BCUT2D eigenvalue weighted by Gasteiger charge is 2.22. The van der Waals surface area contributed by atoms with Gasteiger partial charge in [0.05, 0.1) is 4.90 Å². The summed E-state index contributed by atoms with van der Waals surface area (Å²) < 4.78 is 26.5. The Hall–Kier alpha value is -1.60. The van der Waals surface area contributed by atoms with Crippen molar-refractivity contribution in [1.29, 1.82) is 0 Å². The van der Waals surface area contributed by atoms with Crippen molar-refractivity contribution in [3.05, 3.63) is 23.8 Å². The molecule has 2 N–H and O–H groups in total. The van der Waals surface area contributed by atoms with Gasteiger partial charge in [0.2, 0.25) is 10.0 Å². The number of unbranched alkanes of at least 4 members (excludes halogenated alkanes) is 1. The minimum Gasteiger partial charge on any atom is -0.338 e. The van der Waals surface area contributed by atoms with Crippen LogP contribution in [-0.2, 0) is 10.0 Å². The zero-order valence-corrected chi connectivity index (χ0v) is 15.2. The zero-order chi connectivity index (χ0) is 17.5. The lowest BCUT2D eigenvalue weighted by Gasteiger charge is -2.19. The second-order valence-electron chi connectivity index (χ2n) is 5.30. The van der Waals surface area contributed by atoms with Gasteiger partial charge in [-0.15, -0.1) is 0 Å². The van der Waals surface area contributed by atoms with Gasteiger partial charge in [0.25, 0.3) is 0 Å². The average Bonchev–Trinajstić information content (AvgIpc) is 2.50. The Morgan fingerprint density at radius 1 is 1.17 bits per heavy atom. The molecule has 0 heterocycles. The maximum Gasteiger partial charge on any atom is 0.319 e. The van der Waals surface area contributed by atoms with Crippen LogP contribution in [0.3, 0.4) is 0 Å². The summed E-state index contributed by atoms with van der Waals surface area (Å²) in [4.78, 5) is 12.1. The molecule has 0 fully saturated rings. The number of aryl methyl sites for hydroxylation is 1. The maximum atomic E-state index is 12.6. The van der Waals surface area contributed by atoms with Crippen molar-refractivity contribution in [2.45, 2.75) is 45.4 Å². The molecule has 6 nitrogen and oxygen atoms in total. The van der Waals surface area contributed by atoms with E-state index >= 15 is 0 Å². The highest BCUT2D eigenvalue weighted by Crippen LogP contribution is 2.22. The molecule has 0 saturated heterocycles. The molecule has 0 atom stereocenters. The van der Waals surface area contributed by atoms with E-state index in [2.05, 4.69) is 10.6 Å². The van der Waals surface area contributed by atoms with E-state index in [1.807, 2.05) is 13.8 Å². The molecule has 130 valence electrons. The number of hydrogen-bond donors (Lipinski definition) is 2. The van der Waals surface area contributed by atoms with E-state index in [0.29, 0.717) is 25.3 Å². The Kier molecular flexibility index (Phi) is 7.51. The fourth-order valence-corrected chi connectivity index (χ4v) is 3.64. The predicted octanol–water partition coefficient (Wildman–Crippen LogP) is 2.95. The number of carbonyl (C=O) groups is 1. The molecule has 2 amide bonds. The fraction of sp³-hybridized carbons (Fsp3) is 0.562. The Bertz CT molecular complexity index is 625. The summed E-state index contributed by atoms with van der Waals surface area (Å²) in [5, 5.41) is 5.48. The highest BCUT2D eigenvalue weighted by atomic mass is 32.2. The number of sulfonamides is 1. The van der Waals surface area contributed by atoms with E-state index in [1.165, 1.54) is 10.4 Å². The normalized spacial score (nSPS) is 11.5. The van der Waals surface area contributed by atoms with Gasteiger partial charge in [-0.1, -0.05) is 33.3 Å². The molecule has 23 heavy (non-hydrogen) atoms. The van der Waals surface area contributed by atoms with Gasteiger partial charge in [0.1, 0.15) is 0 Å². The Balaban J connectivity index is 2.97. The van der Waals surface area contributed by atoms with E-state index < -0.39 is 10.0 Å². The van der Waals surface area contributed by atoms with Crippen LogP contribution in [0.5, 0.6) is 0 Å². The lowest BCUT2D eigenvalue weighted by atomic mass is 10.2. The number of urea groups is 1. The lowest BCUT2D eigenvalue weighted by molar-refractivity contribution is 0.252. The number of rotatable bonds is 8. The van der Waals surface area contributed by atoms with Crippen LogP contribution in [0.15, 0.2) is 23.1 Å². The standard InChI is InChI=1S/C16H27N3O3S/c1-5-8-11-17-16(20)18-15-12-14(10-9-13(15)4)23(21,22)19(6-2)7-3/h9-10,12H,5-8,11H2,1-4H3,(H2,17,18,20). The number of nitrogens with zero attached hydrogens (tertiary/aromatic N) is 1. The molecule has 1 aromatic carbocycles. The Morgan fingerprint density at radius 3 is 2.39 bits per heavy atom. The second-order valence-corrected chi connectivity index (χ2v) is 7.24. The maximum absolute atomic E-state index is 12.6. The molecule has 0 aliphatic carbocycles. The largest absolute Gasteiger partial charge is 0.338 e. The quantitative estimate of drug-likeness (QED) is 0.714. The number of benzene rings is 1. The van der Waals surface area contributed by atoms with Crippen LogP contribution in [0.2, 0.25) is 0 Å². The van der Waals surface area contributed by atoms with Gasteiger partial charge in [0.15, 0.2) is 0 Å². The first-order valence-electron chi connectivity index (χ1n) is 8.02. The van der Waals surface area contributed by atoms with E-state index in [4.69, 9.17) is 0 Å². The summed E-state index contributed by atoms with van der Waals surface area (Å²) >= 11 is 0. The second kappa shape index (κ2) is 8.88. The molecule has 7 heteroatoms. The van der Waals surface area contributed by atoms with Crippen molar-refractivity contribution < 1.29 is 13.2 Å². The third-order valence-corrected chi connectivity index (χ3v) is 5.66. The van der Waals surface area contributed by atoms with E-state index in [0.717, 1.165) is 18.4 Å². The zero-order valence-electron chi connectivity index (χ0n) is 14.3. The Morgan fingerprint density at radius 2 is 1.83 bits per heavy atom. The van der Waals surface area contributed by atoms with E-state index in [1.54, 1.807) is 26.0 Å². The van der Waals surface area contributed by atoms with Gasteiger partial charge in [-0.05, 0) is 31.0 Å². The van der Waals surface area contributed by atoms with Gasteiger partial charge in [-0.25, -0.2) is 13.2 Å². The van der Waals surface area contributed by atoms with Crippen molar-refractivity contribution in [2.75, 3.05) is 25.0 Å². The first-order chi connectivity index (χ1) is 10.9. The van der Waals surface area contributed by atoms with Gasteiger partial charge in [-0.2, -0.15) is 4.31 Å². The summed E-state index contributed by atoms with van der Waals surface area (Å²) in [5.74, 6) is 0. The average molecular weight is 341 g/mol. The molecule has 0 bridgehead atoms. The number of nitrogens with one attached hydrogen (secondary N) is 2. The van der Waals surface area contributed by atoms with Gasteiger partial charge in [-0.3, -0.25) is 0 Å². The van der Waals surface area contributed by atoms with Crippen molar-refractivity contribution in [1.82, 2.24) is 9.62 Å². The van der Waals surface area contributed by atoms with Gasteiger partial charge < -0.3 is 10.6 Å². The van der Waals surface area contributed by atoms with Crippen LogP contribution >= 0.6 is 0 Å². The van der Waals surface area contributed by atoms with Crippen LogP contribution in [-0.4, -0.2) is 38.4 Å². The first-order valence-corrected chi connectivity index (χ1v) is 9.46. The molecule has 1 rings (SSSR count). The van der Waals surface area contributed by atoms with Crippen molar-refractivity contribution in [3.63, 3.8) is 0 Å². The third kappa shape index (κ3) is 5.21. The molecule has 0 spiro atoms. The van der Waals surface area contributed by atoms with Crippen LogP contribution < -0.4 is 10.6 Å². The lowest BCUT2D eigenvalue weighted by Crippen LogP contribution is -2.31. The molecular weight excluding hydrogens is 314 g/mol. The summed E-state index contributed by atoms with van der Waals surface area (Å²) in [5.41, 5.74) is 1.32. The van der Waals surface area contributed by atoms with Crippen LogP contribution in [0.4, 0.5) is 10.5 Å². The third-order valence-electron chi connectivity index (χ3n) is 3.62. The first kappa shape index (κ1) is 19.4. The highest BCUT2D eigenvalue weighted by molar-refractivity contribution is 7.89. The van der Waals surface area contributed by atoms with Crippen molar-refractivity contribution in [2.24, 2.45) is 0 Å². The summed E-state index contributed by atoms with van der Waals surface area (Å²) in [7, 11) is -3.54. The molecule has 0 aliphatic heterocycles. The fourth-order valence-electron chi connectivity index (χ4n) is 2.15. The minimum absolute atomic E-state index is 0.190. The molecule has 0 unspecified atom stereocenters. The molecule has 0 aliphatic rings. The molecular formula is C16H27N3O3S. The van der Waals surface area contributed by atoms with Crippen LogP contribution in [0.25, 0.3) is 0 Å². The van der Waals surface area contributed by atoms with Crippen LogP contribution in [0.1, 0.15) is 39.2 Å². The topological polar surface area (TPSA) is 78.5 Å². The van der Waals surface area contributed by atoms with Crippen LogP contribution in [0, 0.1) is 6.92 Å². The smallest absolute Gasteiger partial charge is 0.319 e. The molecule has 0 saturated carbocycles. The SMILES string of the molecule is CCCCNC(=O)Nc1cc(S(=O)(=O)N(CC)CC)ccc1C.